The molecule has 0 bridgehead atoms. The first-order chi connectivity index (χ1) is 6.72. The highest BCUT2D eigenvalue weighted by Crippen LogP contribution is 2.08. The third kappa shape index (κ3) is 3.73. The van der Waals surface area contributed by atoms with Crippen molar-refractivity contribution < 1.29 is 9.90 Å². The highest BCUT2D eigenvalue weighted by Gasteiger charge is 2.18. The van der Waals surface area contributed by atoms with Crippen LogP contribution in [0.25, 0.3) is 0 Å². The van der Waals surface area contributed by atoms with Crippen LogP contribution in [0.2, 0.25) is 0 Å². The van der Waals surface area contributed by atoms with E-state index < -0.39 is 0 Å². The van der Waals surface area contributed by atoms with Crippen molar-refractivity contribution in [3.63, 3.8) is 0 Å². The Labute approximate surface area is 83.3 Å². The number of piperidine rings is 1. The van der Waals surface area contributed by atoms with E-state index in [9.17, 15) is 9.90 Å². The Kier molecular flexibility index (Phi) is 4.36. The van der Waals surface area contributed by atoms with Crippen molar-refractivity contribution in [1.29, 1.82) is 5.26 Å². The van der Waals surface area contributed by atoms with Crippen LogP contribution >= 0.6 is 0 Å². The number of nitriles is 1. The molecule has 0 spiro atoms. The Bertz CT molecular complexity index is 229. The first-order valence-corrected chi connectivity index (χ1v) is 4.76. The number of nitrogens with zero attached hydrogens (tertiary/aromatic N) is 2. The molecule has 0 aromatic carbocycles. The van der Waals surface area contributed by atoms with Crippen molar-refractivity contribution in [3.8, 4) is 6.07 Å². The molecular formula is C9H15N3O2. The normalized spacial score (nSPS) is 18.9. The molecule has 1 fully saturated rings. The second-order valence-electron chi connectivity index (χ2n) is 3.44. The minimum absolute atomic E-state index is 0.0648. The predicted molar refractivity (Wildman–Crippen MR) is 50.3 cm³/mol. The van der Waals surface area contributed by atoms with Crippen LogP contribution in [0.1, 0.15) is 12.8 Å². The molecule has 2 N–H and O–H groups in total. The third-order valence-electron chi connectivity index (χ3n) is 2.29. The molecule has 1 rings (SSSR count). The van der Waals surface area contributed by atoms with Gasteiger partial charge in [0, 0.05) is 13.1 Å². The molecule has 0 unspecified atom stereocenters. The largest absolute Gasteiger partial charge is 0.393 e. The van der Waals surface area contributed by atoms with Gasteiger partial charge in [0.2, 0.25) is 5.91 Å². The zero-order valence-electron chi connectivity index (χ0n) is 8.07. The van der Waals surface area contributed by atoms with Gasteiger partial charge in [-0.3, -0.25) is 9.69 Å². The molecule has 1 amide bonds. The standard InChI is InChI=1S/C9H15N3O2/c10-3-4-11-9(14)7-12-5-1-8(13)2-6-12/h8,13H,1-2,4-7H2,(H,11,14). The molecule has 0 aliphatic carbocycles. The van der Waals surface area contributed by atoms with Gasteiger partial charge in [0.05, 0.1) is 18.7 Å². The maximum Gasteiger partial charge on any atom is 0.235 e. The summed E-state index contributed by atoms with van der Waals surface area (Å²) in [5, 5.41) is 20.0. The molecule has 1 saturated heterocycles. The van der Waals surface area contributed by atoms with Crippen molar-refractivity contribution in [1.82, 2.24) is 10.2 Å². The van der Waals surface area contributed by atoms with Crippen molar-refractivity contribution in [3.05, 3.63) is 0 Å². The molecule has 0 aromatic heterocycles. The number of aliphatic hydroxyl groups is 1. The summed E-state index contributed by atoms with van der Waals surface area (Å²) in [6, 6.07) is 1.85. The van der Waals surface area contributed by atoms with Crippen molar-refractivity contribution in [2.45, 2.75) is 18.9 Å². The van der Waals surface area contributed by atoms with E-state index in [1.165, 1.54) is 0 Å². The molecule has 5 heteroatoms. The smallest absolute Gasteiger partial charge is 0.235 e. The number of hydrogen-bond acceptors (Lipinski definition) is 4. The Morgan fingerprint density at radius 2 is 2.21 bits per heavy atom. The molecule has 1 aliphatic heterocycles. The number of amides is 1. The topological polar surface area (TPSA) is 76.4 Å². The minimum atomic E-state index is -0.214. The number of carbonyl (C=O) groups is 1. The molecule has 14 heavy (non-hydrogen) atoms. The van der Waals surface area contributed by atoms with Gasteiger partial charge in [-0.25, -0.2) is 0 Å². The van der Waals surface area contributed by atoms with Crippen LogP contribution in [0.15, 0.2) is 0 Å². The summed E-state index contributed by atoms with van der Waals surface area (Å²) in [4.78, 5) is 13.2. The second kappa shape index (κ2) is 5.58. The first kappa shape index (κ1) is 11.0. The molecule has 1 heterocycles. The molecule has 0 saturated carbocycles. The van der Waals surface area contributed by atoms with Crippen LogP contribution in [0, 0.1) is 11.3 Å². The van der Waals surface area contributed by atoms with Gasteiger partial charge in [-0.15, -0.1) is 0 Å². The lowest BCUT2D eigenvalue weighted by molar-refractivity contribution is -0.122. The van der Waals surface area contributed by atoms with Crippen LogP contribution in [0.4, 0.5) is 0 Å². The van der Waals surface area contributed by atoms with Gasteiger partial charge in [-0.05, 0) is 12.8 Å². The lowest BCUT2D eigenvalue weighted by Gasteiger charge is -2.28. The van der Waals surface area contributed by atoms with Gasteiger partial charge < -0.3 is 10.4 Å². The van der Waals surface area contributed by atoms with Crippen LogP contribution in [0.3, 0.4) is 0 Å². The summed E-state index contributed by atoms with van der Waals surface area (Å²) in [6.07, 6.45) is 1.24. The van der Waals surface area contributed by atoms with Crippen molar-refractivity contribution in [2.75, 3.05) is 26.2 Å². The van der Waals surface area contributed by atoms with E-state index >= 15 is 0 Å². The first-order valence-electron chi connectivity index (χ1n) is 4.76. The van der Waals surface area contributed by atoms with Gasteiger partial charge in [-0.1, -0.05) is 0 Å². The van der Waals surface area contributed by atoms with Crippen LogP contribution in [-0.4, -0.2) is 48.2 Å². The minimum Gasteiger partial charge on any atom is -0.393 e. The van der Waals surface area contributed by atoms with Gasteiger partial charge in [-0.2, -0.15) is 5.26 Å². The maximum atomic E-state index is 11.2. The fourth-order valence-corrected chi connectivity index (χ4v) is 1.47. The van der Waals surface area contributed by atoms with Crippen LogP contribution in [-0.2, 0) is 4.79 Å². The van der Waals surface area contributed by atoms with E-state index in [1.54, 1.807) is 0 Å². The number of hydrogen-bond donors (Lipinski definition) is 2. The number of rotatable bonds is 3. The average molecular weight is 197 g/mol. The Hall–Kier alpha value is -1.12. The molecular weight excluding hydrogens is 182 g/mol. The van der Waals surface area contributed by atoms with E-state index in [0.29, 0.717) is 6.54 Å². The van der Waals surface area contributed by atoms with E-state index in [1.807, 2.05) is 11.0 Å². The Morgan fingerprint density at radius 1 is 1.57 bits per heavy atom. The molecule has 0 aromatic rings. The van der Waals surface area contributed by atoms with E-state index in [4.69, 9.17) is 5.26 Å². The predicted octanol–water partition coefficient (Wildman–Crippen LogP) is -0.917. The summed E-state index contributed by atoms with van der Waals surface area (Å²) in [5.74, 6) is -0.122. The Morgan fingerprint density at radius 3 is 2.79 bits per heavy atom. The Balaban J connectivity index is 2.18. The lowest BCUT2D eigenvalue weighted by Crippen LogP contribution is -2.42. The summed E-state index contributed by atoms with van der Waals surface area (Å²) in [6.45, 7) is 1.89. The fraction of sp³-hybridized carbons (Fsp3) is 0.778. The van der Waals surface area contributed by atoms with E-state index in [2.05, 4.69) is 5.32 Å². The highest BCUT2D eigenvalue weighted by atomic mass is 16.3. The summed E-state index contributed by atoms with van der Waals surface area (Å²) in [7, 11) is 0. The monoisotopic (exact) mass is 197 g/mol. The SMILES string of the molecule is N#CCNC(=O)CN1CCC(O)CC1. The number of aliphatic hydroxyl groups excluding tert-OH is 1. The molecule has 0 atom stereocenters. The maximum absolute atomic E-state index is 11.2. The van der Waals surface area contributed by atoms with E-state index in [0.717, 1.165) is 25.9 Å². The summed E-state index contributed by atoms with van der Waals surface area (Å²) >= 11 is 0. The lowest BCUT2D eigenvalue weighted by atomic mass is 10.1. The zero-order chi connectivity index (χ0) is 10.4. The number of carbonyl (C=O) groups excluding carboxylic acids is 1. The zero-order valence-corrected chi connectivity index (χ0v) is 8.07. The second-order valence-corrected chi connectivity index (χ2v) is 3.44. The molecule has 78 valence electrons. The highest BCUT2D eigenvalue weighted by molar-refractivity contribution is 5.78. The van der Waals surface area contributed by atoms with Gasteiger partial charge in [0.1, 0.15) is 6.54 Å². The summed E-state index contributed by atoms with van der Waals surface area (Å²) in [5.41, 5.74) is 0. The van der Waals surface area contributed by atoms with E-state index in [-0.39, 0.29) is 18.6 Å². The molecule has 0 radical (unpaired) electrons. The van der Waals surface area contributed by atoms with Gasteiger partial charge >= 0.3 is 0 Å². The molecule has 5 nitrogen and oxygen atoms in total. The van der Waals surface area contributed by atoms with Crippen LogP contribution < -0.4 is 5.32 Å². The quantitative estimate of drug-likeness (QED) is 0.574. The molecule has 1 aliphatic rings. The number of likely N-dealkylation sites (tertiary alicyclic amines) is 1. The average Bonchev–Trinajstić information content (AvgIpc) is 2.18. The third-order valence-corrected chi connectivity index (χ3v) is 2.29. The van der Waals surface area contributed by atoms with Crippen LogP contribution in [0.5, 0.6) is 0 Å². The number of nitrogens with one attached hydrogen (secondary N) is 1. The van der Waals surface area contributed by atoms with Gasteiger partial charge in [0.15, 0.2) is 0 Å². The van der Waals surface area contributed by atoms with Crippen molar-refractivity contribution in [2.24, 2.45) is 0 Å². The fourth-order valence-electron chi connectivity index (χ4n) is 1.47. The van der Waals surface area contributed by atoms with Gasteiger partial charge in [0.25, 0.3) is 0 Å². The summed E-state index contributed by atoms with van der Waals surface area (Å²) < 4.78 is 0. The van der Waals surface area contributed by atoms with Crippen molar-refractivity contribution >= 4 is 5.91 Å².